The molecular weight excluding hydrogens is 356 g/mol. The molecule has 0 atom stereocenters. The van der Waals surface area contributed by atoms with Gasteiger partial charge >= 0.3 is 0 Å². The molecule has 1 fully saturated rings. The molecule has 1 aliphatic heterocycles. The van der Waals surface area contributed by atoms with E-state index in [9.17, 15) is 8.42 Å². The van der Waals surface area contributed by atoms with Crippen molar-refractivity contribution in [2.75, 3.05) is 29.5 Å². The molecule has 0 saturated carbocycles. The Hall–Kier alpha value is -1.23. The van der Waals surface area contributed by atoms with Gasteiger partial charge in [-0.25, -0.2) is 8.42 Å². The quantitative estimate of drug-likeness (QED) is 0.351. The highest BCUT2D eigenvalue weighted by molar-refractivity contribution is 7.91. The molecule has 2 N–H and O–H groups in total. The Kier molecular flexibility index (Phi) is 9.46. The van der Waals surface area contributed by atoms with Crippen LogP contribution in [0.3, 0.4) is 0 Å². The number of hydrogen-bond donors (Lipinski definition) is 1. The van der Waals surface area contributed by atoms with Gasteiger partial charge < -0.3 is 10.6 Å². The summed E-state index contributed by atoms with van der Waals surface area (Å²) >= 11 is 0. The maximum atomic E-state index is 12.8. The number of sulfone groups is 1. The molecule has 154 valence electrons. The summed E-state index contributed by atoms with van der Waals surface area (Å²) < 4.78 is 25.5. The second-order valence-corrected chi connectivity index (χ2v) is 9.99. The second kappa shape index (κ2) is 11.6. The van der Waals surface area contributed by atoms with E-state index in [1.165, 1.54) is 57.8 Å². The normalized spacial score (nSPS) is 14.8. The van der Waals surface area contributed by atoms with Gasteiger partial charge in [-0.05, 0) is 37.5 Å². The van der Waals surface area contributed by atoms with Crippen molar-refractivity contribution >= 4 is 21.2 Å². The lowest BCUT2D eigenvalue weighted by atomic mass is 10.1. The third-order valence-electron chi connectivity index (χ3n) is 5.57. The van der Waals surface area contributed by atoms with Gasteiger partial charge in [0, 0.05) is 18.8 Å². The van der Waals surface area contributed by atoms with Crippen LogP contribution < -0.4 is 10.6 Å². The average molecular weight is 395 g/mol. The maximum Gasteiger partial charge on any atom is 0.180 e. The zero-order valence-corrected chi connectivity index (χ0v) is 17.9. The lowest BCUT2D eigenvalue weighted by molar-refractivity contribution is 0.558. The molecule has 0 unspecified atom stereocenters. The van der Waals surface area contributed by atoms with Crippen molar-refractivity contribution in [3.8, 4) is 0 Å². The van der Waals surface area contributed by atoms with Crippen molar-refractivity contribution in [3.05, 3.63) is 18.2 Å². The van der Waals surface area contributed by atoms with Crippen molar-refractivity contribution in [2.45, 2.75) is 88.9 Å². The van der Waals surface area contributed by atoms with E-state index in [4.69, 9.17) is 5.73 Å². The van der Waals surface area contributed by atoms with E-state index >= 15 is 0 Å². The first-order valence-corrected chi connectivity index (χ1v) is 12.6. The van der Waals surface area contributed by atoms with Crippen LogP contribution in [-0.2, 0) is 9.84 Å². The highest BCUT2D eigenvalue weighted by atomic mass is 32.2. The highest BCUT2D eigenvalue weighted by Gasteiger charge is 2.20. The zero-order valence-electron chi connectivity index (χ0n) is 17.1. The van der Waals surface area contributed by atoms with E-state index in [0.29, 0.717) is 10.6 Å². The van der Waals surface area contributed by atoms with Crippen LogP contribution in [0.4, 0.5) is 11.4 Å². The van der Waals surface area contributed by atoms with Gasteiger partial charge in [0.05, 0.1) is 16.3 Å². The van der Waals surface area contributed by atoms with Crippen molar-refractivity contribution in [2.24, 2.45) is 0 Å². The summed E-state index contributed by atoms with van der Waals surface area (Å²) in [5.74, 6) is 0.206. The van der Waals surface area contributed by atoms with Gasteiger partial charge in [-0.3, -0.25) is 0 Å². The molecule has 4 nitrogen and oxygen atoms in total. The summed E-state index contributed by atoms with van der Waals surface area (Å²) in [5.41, 5.74) is 7.37. The Labute approximate surface area is 166 Å². The lowest BCUT2D eigenvalue weighted by Gasteiger charge is -2.19. The standard InChI is InChI=1S/C22H38N2O2S/c1-2-3-4-5-6-7-8-9-10-13-18-27(25,26)22-19-20(14-15-21(22)23)24-16-11-12-17-24/h14-15,19H,2-13,16-18,23H2,1H3. The van der Waals surface area contributed by atoms with Crippen LogP contribution in [0.5, 0.6) is 0 Å². The molecule has 0 radical (unpaired) electrons. The SMILES string of the molecule is CCCCCCCCCCCCS(=O)(=O)c1cc(N2CCCC2)ccc1N. The van der Waals surface area contributed by atoms with E-state index in [2.05, 4.69) is 11.8 Å². The molecule has 1 aromatic carbocycles. The average Bonchev–Trinajstić information content (AvgIpc) is 3.18. The maximum absolute atomic E-state index is 12.8. The van der Waals surface area contributed by atoms with Crippen molar-refractivity contribution in [3.63, 3.8) is 0 Å². The Morgan fingerprint density at radius 2 is 1.44 bits per heavy atom. The fourth-order valence-electron chi connectivity index (χ4n) is 3.85. The third-order valence-corrected chi connectivity index (χ3v) is 7.42. The fourth-order valence-corrected chi connectivity index (χ4v) is 5.39. The van der Waals surface area contributed by atoms with Gasteiger partial charge in [-0.1, -0.05) is 64.7 Å². The van der Waals surface area contributed by atoms with E-state index in [1.54, 1.807) is 12.1 Å². The van der Waals surface area contributed by atoms with Crippen LogP contribution in [0, 0.1) is 0 Å². The number of nitrogens with zero attached hydrogens (tertiary/aromatic N) is 1. The van der Waals surface area contributed by atoms with Crippen LogP contribution in [0.1, 0.15) is 84.0 Å². The number of unbranched alkanes of at least 4 members (excludes halogenated alkanes) is 9. The van der Waals surface area contributed by atoms with E-state index in [-0.39, 0.29) is 5.75 Å². The Morgan fingerprint density at radius 1 is 0.889 bits per heavy atom. The van der Waals surface area contributed by atoms with Gasteiger partial charge in [0.2, 0.25) is 0 Å². The molecule has 0 bridgehead atoms. The molecule has 1 aliphatic rings. The lowest BCUT2D eigenvalue weighted by Crippen LogP contribution is -2.18. The molecule has 0 aliphatic carbocycles. The number of hydrogen-bond acceptors (Lipinski definition) is 4. The first-order chi connectivity index (χ1) is 13.0. The first-order valence-electron chi connectivity index (χ1n) is 10.9. The van der Waals surface area contributed by atoms with Gasteiger partial charge in [-0.15, -0.1) is 0 Å². The summed E-state index contributed by atoms with van der Waals surface area (Å²) in [6.07, 6.45) is 14.3. The summed E-state index contributed by atoms with van der Waals surface area (Å²) in [5, 5.41) is 0. The number of nitrogens with two attached hydrogens (primary N) is 1. The molecule has 0 spiro atoms. The molecule has 1 saturated heterocycles. The van der Waals surface area contributed by atoms with Gasteiger partial charge in [0.15, 0.2) is 9.84 Å². The van der Waals surface area contributed by atoms with E-state index in [1.807, 2.05) is 6.07 Å². The molecule has 1 aromatic rings. The number of benzene rings is 1. The molecular formula is C22H38N2O2S. The summed E-state index contributed by atoms with van der Waals surface area (Å²) in [4.78, 5) is 2.57. The van der Waals surface area contributed by atoms with Crippen molar-refractivity contribution in [1.29, 1.82) is 0 Å². The highest BCUT2D eigenvalue weighted by Crippen LogP contribution is 2.28. The third kappa shape index (κ3) is 7.36. The largest absolute Gasteiger partial charge is 0.398 e. The molecule has 0 aromatic heterocycles. The van der Waals surface area contributed by atoms with Crippen molar-refractivity contribution in [1.82, 2.24) is 0 Å². The van der Waals surface area contributed by atoms with Crippen LogP contribution in [0.2, 0.25) is 0 Å². The summed E-state index contributed by atoms with van der Waals surface area (Å²) in [6.45, 7) is 4.24. The molecule has 5 heteroatoms. The van der Waals surface area contributed by atoms with E-state index < -0.39 is 9.84 Å². The molecule has 27 heavy (non-hydrogen) atoms. The van der Waals surface area contributed by atoms with Crippen molar-refractivity contribution < 1.29 is 8.42 Å². The molecule has 0 amide bonds. The first kappa shape index (κ1) is 22.1. The van der Waals surface area contributed by atoms with Gasteiger partial charge in [-0.2, -0.15) is 0 Å². The minimum absolute atomic E-state index is 0.206. The van der Waals surface area contributed by atoms with Crippen LogP contribution in [-0.4, -0.2) is 27.3 Å². The topological polar surface area (TPSA) is 63.4 Å². The monoisotopic (exact) mass is 394 g/mol. The fraction of sp³-hybridized carbons (Fsp3) is 0.727. The smallest absolute Gasteiger partial charge is 0.180 e. The van der Waals surface area contributed by atoms with Gasteiger partial charge in [0.25, 0.3) is 0 Å². The summed E-state index contributed by atoms with van der Waals surface area (Å²) in [6, 6.07) is 5.48. The van der Waals surface area contributed by atoms with Crippen LogP contribution in [0.25, 0.3) is 0 Å². The number of nitrogen functional groups attached to an aromatic ring is 1. The Morgan fingerprint density at radius 3 is 2.04 bits per heavy atom. The number of rotatable bonds is 13. The second-order valence-electron chi connectivity index (χ2n) is 7.92. The minimum atomic E-state index is -3.30. The van der Waals surface area contributed by atoms with Crippen LogP contribution in [0.15, 0.2) is 23.1 Å². The van der Waals surface area contributed by atoms with E-state index in [0.717, 1.165) is 38.0 Å². The zero-order chi connectivity index (χ0) is 19.5. The minimum Gasteiger partial charge on any atom is -0.398 e. The molecule has 2 rings (SSSR count). The Balaban J connectivity index is 1.73. The Bertz CT molecular complexity index is 652. The number of anilines is 2. The predicted octanol–water partition coefficient (Wildman–Crippen LogP) is 5.56. The summed E-state index contributed by atoms with van der Waals surface area (Å²) in [7, 11) is -3.30. The molecule has 1 heterocycles. The van der Waals surface area contributed by atoms with Crippen LogP contribution >= 0.6 is 0 Å². The van der Waals surface area contributed by atoms with Gasteiger partial charge in [0.1, 0.15) is 0 Å². The predicted molar refractivity (Wildman–Crippen MR) is 116 cm³/mol.